The maximum absolute atomic E-state index is 13.1. The molecule has 1 fully saturated rings. The number of aliphatic hydroxyl groups is 1. The Balaban J connectivity index is 1.63. The molecule has 3 aromatic rings. The van der Waals surface area contributed by atoms with E-state index in [0.29, 0.717) is 36.4 Å². The Labute approximate surface area is 217 Å². The van der Waals surface area contributed by atoms with Gasteiger partial charge in [-0.25, -0.2) is 0 Å². The van der Waals surface area contributed by atoms with Crippen LogP contribution in [0.4, 0.5) is 0 Å². The van der Waals surface area contributed by atoms with Crippen LogP contribution < -0.4 is 4.74 Å². The summed E-state index contributed by atoms with van der Waals surface area (Å²) in [6.45, 7) is 3.54. The monoisotopic (exact) mass is 500 g/mol. The molecular formula is C30H32N2O5. The van der Waals surface area contributed by atoms with Crippen molar-refractivity contribution in [3.63, 3.8) is 0 Å². The first-order chi connectivity index (χ1) is 17.8. The minimum Gasteiger partial charge on any atom is -0.508 e. The normalized spacial score (nSPS) is 17.0. The highest BCUT2D eigenvalue weighted by Crippen LogP contribution is 2.40. The van der Waals surface area contributed by atoms with Crippen LogP contribution in [0.5, 0.6) is 11.5 Å². The number of aromatic hydroxyl groups is 1. The SMILES string of the molecule is Cc1ccccc1COc1ccc(/C(O)=C2\C(=O)C(=O)N(CCCN(C)C)[C@H]2c2ccc(O)cc2)cc1. The van der Waals surface area contributed by atoms with Gasteiger partial charge in [-0.3, -0.25) is 9.59 Å². The molecule has 2 N–H and O–H groups in total. The van der Waals surface area contributed by atoms with E-state index >= 15 is 0 Å². The minimum absolute atomic E-state index is 0.0362. The Kier molecular flexibility index (Phi) is 7.94. The fourth-order valence-electron chi connectivity index (χ4n) is 4.47. The van der Waals surface area contributed by atoms with E-state index in [1.165, 1.54) is 17.0 Å². The van der Waals surface area contributed by atoms with Gasteiger partial charge in [-0.15, -0.1) is 0 Å². The van der Waals surface area contributed by atoms with Gasteiger partial charge in [0.1, 0.15) is 23.9 Å². The van der Waals surface area contributed by atoms with Crippen molar-refractivity contribution in [3.8, 4) is 11.5 Å². The fraction of sp³-hybridized carbons (Fsp3) is 0.267. The van der Waals surface area contributed by atoms with Crippen LogP contribution >= 0.6 is 0 Å². The van der Waals surface area contributed by atoms with E-state index in [4.69, 9.17) is 4.74 Å². The molecule has 1 aliphatic rings. The van der Waals surface area contributed by atoms with Crippen LogP contribution in [-0.4, -0.2) is 58.9 Å². The number of nitrogens with zero attached hydrogens (tertiary/aromatic N) is 2. The highest BCUT2D eigenvalue weighted by Gasteiger charge is 2.45. The number of aryl methyl sites for hydroxylation is 1. The molecule has 0 aliphatic carbocycles. The van der Waals surface area contributed by atoms with Crippen LogP contribution in [0.3, 0.4) is 0 Å². The van der Waals surface area contributed by atoms with Crippen LogP contribution in [0.25, 0.3) is 5.76 Å². The van der Waals surface area contributed by atoms with E-state index in [0.717, 1.165) is 17.7 Å². The van der Waals surface area contributed by atoms with Crippen molar-refractivity contribution in [1.82, 2.24) is 9.80 Å². The number of aliphatic hydroxyl groups excluding tert-OH is 1. The summed E-state index contributed by atoms with van der Waals surface area (Å²) in [5, 5.41) is 21.0. The molecule has 0 aromatic heterocycles. The van der Waals surface area contributed by atoms with Crippen molar-refractivity contribution < 1.29 is 24.5 Å². The molecule has 0 spiro atoms. The Morgan fingerprint density at radius 2 is 1.65 bits per heavy atom. The van der Waals surface area contributed by atoms with Gasteiger partial charge in [-0.2, -0.15) is 0 Å². The third kappa shape index (κ3) is 5.84. The van der Waals surface area contributed by atoms with Gasteiger partial charge in [-0.1, -0.05) is 36.4 Å². The summed E-state index contributed by atoms with van der Waals surface area (Å²) in [5.41, 5.74) is 3.31. The maximum atomic E-state index is 13.1. The number of rotatable bonds is 9. The topological polar surface area (TPSA) is 90.3 Å². The molecule has 3 aromatic carbocycles. The third-order valence-electron chi connectivity index (χ3n) is 6.54. The fourth-order valence-corrected chi connectivity index (χ4v) is 4.47. The molecule has 1 aliphatic heterocycles. The molecule has 37 heavy (non-hydrogen) atoms. The molecule has 0 bridgehead atoms. The number of amides is 1. The first kappa shape index (κ1) is 26.0. The summed E-state index contributed by atoms with van der Waals surface area (Å²) in [6, 6.07) is 20.4. The smallest absolute Gasteiger partial charge is 0.295 e. The summed E-state index contributed by atoms with van der Waals surface area (Å²) < 4.78 is 5.90. The van der Waals surface area contributed by atoms with E-state index in [9.17, 15) is 19.8 Å². The van der Waals surface area contributed by atoms with E-state index in [2.05, 4.69) is 0 Å². The maximum Gasteiger partial charge on any atom is 0.295 e. The minimum atomic E-state index is -0.750. The number of carbonyl (C=O) groups excluding carboxylic acids is 2. The molecular weight excluding hydrogens is 468 g/mol. The zero-order valence-electron chi connectivity index (χ0n) is 21.3. The number of Topliss-reactive ketones (excluding diaryl/α,β-unsaturated/α-hetero) is 1. The number of phenols is 1. The molecule has 0 unspecified atom stereocenters. The van der Waals surface area contributed by atoms with Gasteiger partial charge >= 0.3 is 0 Å². The number of likely N-dealkylation sites (tertiary alicyclic amines) is 1. The molecule has 1 saturated heterocycles. The highest BCUT2D eigenvalue weighted by atomic mass is 16.5. The lowest BCUT2D eigenvalue weighted by atomic mass is 9.95. The van der Waals surface area contributed by atoms with Gasteiger partial charge < -0.3 is 24.7 Å². The van der Waals surface area contributed by atoms with Crippen molar-refractivity contribution in [1.29, 1.82) is 0 Å². The molecule has 4 rings (SSSR count). The van der Waals surface area contributed by atoms with E-state index in [1.54, 1.807) is 36.4 Å². The number of ether oxygens (including phenoxy) is 1. The van der Waals surface area contributed by atoms with Gasteiger partial charge in [0, 0.05) is 12.1 Å². The van der Waals surface area contributed by atoms with Crippen LogP contribution in [-0.2, 0) is 16.2 Å². The van der Waals surface area contributed by atoms with Gasteiger partial charge in [0.05, 0.1) is 11.6 Å². The number of hydrogen-bond acceptors (Lipinski definition) is 6. The largest absolute Gasteiger partial charge is 0.508 e. The number of ketones is 1. The Hall–Kier alpha value is -4.10. The van der Waals surface area contributed by atoms with Gasteiger partial charge in [0.25, 0.3) is 11.7 Å². The van der Waals surface area contributed by atoms with Gasteiger partial charge in [0.2, 0.25) is 0 Å². The lowest BCUT2D eigenvalue weighted by molar-refractivity contribution is -0.139. The quantitative estimate of drug-likeness (QED) is 0.253. The Morgan fingerprint density at radius 3 is 2.30 bits per heavy atom. The van der Waals surface area contributed by atoms with Crippen molar-refractivity contribution in [2.45, 2.75) is 26.0 Å². The second-order valence-corrected chi connectivity index (χ2v) is 9.48. The summed E-state index contributed by atoms with van der Waals surface area (Å²) >= 11 is 0. The van der Waals surface area contributed by atoms with Crippen molar-refractivity contribution >= 4 is 17.4 Å². The number of carbonyl (C=O) groups is 2. The Morgan fingerprint density at radius 1 is 0.973 bits per heavy atom. The van der Waals surface area contributed by atoms with E-state index in [1.807, 2.05) is 50.2 Å². The lowest BCUT2D eigenvalue weighted by Gasteiger charge is -2.26. The second-order valence-electron chi connectivity index (χ2n) is 9.48. The highest BCUT2D eigenvalue weighted by molar-refractivity contribution is 6.46. The van der Waals surface area contributed by atoms with Crippen molar-refractivity contribution in [2.24, 2.45) is 0 Å². The predicted octanol–water partition coefficient (Wildman–Crippen LogP) is 4.65. The van der Waals surface area contributed by atoms with Gasteiger partial charge in [-0.05, 0) is 87.1 Å². The van der Waals surface area contributed by atoms with E-state index < -0.39 is 17.7 Å². The van der Waals surface area contributed by atoms with Crippen LogP contribution in [0.1, 0.15) is 34.7 Å². The summed E-state index contributed by atoms with van der Waals surface area (Å²) in [4.78, 5) is 29.7. The molecule has 1 atom stereocenters. The molecule has 0 radical (unpaired) electrons. The van der Waals surface area contributed by atoms with Crippen LogP contribution in [0.2, 0.25) is 0 Å². The van der Waals surface area contributed by atoms with Crippen molar-refractivity contribution in [3.05, 3.63) is 101 Å². The summed E-state index contributed by atoms with van der Waals surface area (Å²) in [5.74, 6) is -0.900. The standard InChI is InChI=1S/C30H32N2O5/c1-20-7-4-5-8-23(20)19-37-25-15-11-22(12-16-25)28(34)26-27(21-9-13-24(33)14-10-21)32(30(36)29(26)35)18-6-17-31(2)3/h4-5,7-16,27,33-34H,6,17-19H2,1-3H3/b28-26+/t27-/m0/s1. The number of phenolic OH excluding ortho intramolecular Hbond substituents is 1. The molecule has 0 saturated carbocycles. The summed E-state index contributed by atoms with van der Waals surface area (Å²) in [7, 11) is 3.89. The third-order valence-corrected chi connectivity index (χ3v) is 6.54. The zero-order chi connectivity index (χ0) is 26.5. The van der Waals surface area contributed by atoms with Crippen LogP contribution in [0.15, 0.2) is 78.4 Å². The molecule has 192 valence electrons. The molecule has 7 heteroatoms. The lowest BCUT2D eigenvalue weighted by Crippen LogP contribution is -2.32. The first-order valence-corrected chi connectivity index (χ1v) is 12.3. The zero-order valence-corrected chi connectivity index (χ0v) is 21.3. The van der Waals surface area contributed by atoms with Crippen molar-refractivity contribution in [2.75, 3.05) is 27.2 Å². The van der Waals surface area contributed by atoms with Gasteiger partial charge in [0.15, 0.2) is 0 Å². The van der Waals surface area contributed by atoms with E-state index in [-0.39, 0.29) is 17.1 Å². The number of hydrogen-bond donors (Lipinski definition) is 2. The predicted molar refractivity (Wildman–Crippen MR) is 142 cm³/mol. The first-order valence-electron chi connectivity index (χ1n) is 12.3. The second kappa shape index (κ2) is 11.3. The Bertz CT molecular complexity index is 1300. The average molecular weight is 501 g/mol. The molecule has 1 heterocycles. The van der Waals surface area contributed by atoms with Crippen LogP contribution in [0, 0.1) is 6.92 Å². The number of benzene rings is 3. The molecule has 1 amide bonds. The molecule has 7 nitrogen and oxygen atoms in total. The average Bonchev–Trinajstić information content (AvgIpc) is 3.13. The summed E-state index contributed by atoms with van der Waals surface area (Å²) in [6.07, 6.45) is 0.668.